The second kappa shape index (κ2) is 6.53. The zero-order valence-electron chi connectivity index (χ0n) is 12.6. The first kappa shape index (κ1) is 14.5. The van der Waals surface area contributed by atoms with Crippen molar-refractivity contribution in [1.82, 2.24) is 4.90 Å². The van der Waals surface area contributed by atoms with Gasteiger partial charge in [0.2, 0.25) is 0 Å². The van der Waals surface area contributed by atoms with Gasteiger partial charge < -0.3 is 5.73 Å². The van der Waals surface area contributed by atoms with Crippen LogP contribution < -0.4 is 5.73 Å². The van der Waals surface area contributed by atoms with Crippen molar-refractivity contribution < 1.29 is 0 Å². The molecule has 2 N–H and O–H groups in total. The summed E-state index contributed by atoms with van der Waals surface area (Å²) in [5.74, 6) is 1.30. The molecule has 0 saturated carbocycles. The van der Waals surface area contributed by atoms with Crippen LogP contribution in [0.2, 0.25) is 0 Å². The fourth-order valence-corrected chi connectivity index (χ4v) is 2.92. The van der Waals surface area contributed by atoms with Gasteiger partial charge in [-0.1, -0.05) is 38.1 Å². The van der Waals surface area contributed by atoms with Crippen molar-refractivity contribution in [2.45, 2.75) is 52.1 Å². The number of piperidine rings is 1. The van der Waals surface area contributed by atoms with Gasteiger partial charge in [0.15, 0.2) is 0 Å². The van der Waals surface area contributed by atoms with Crippen molar-refractivity contribution in [1.29, 1.82) is 0 Å². The Hall–Kier alpha value is -0.860. The van der Waals surface area contributed by atoms with Crippen molar-refractivity contribution in [2.24, 2.45) is 11.7 Å². The summed E-state index contributed by atoms with van der Waals surface area (Å²) in [5.41, 5.74) is 8.49. The lowest BCUT2D eigenvalue weighted by atomic mass is 9.94. The lowest BCUT2D eigenvalue weighted by Gasteiger charge is -2.36. The maximum Gasteiger partial charge on any atom is 0.0236 e. The van der Waals surface area contributed by atoms with E-state index in [1.807, 2.05) is 0 Å². The van der Waals surface area contributed by atoms with Gasteiger partial charge in [0.25, 0.3) is 0 Å². The van der Waals surface area contributed by atoms with E-state index in [-0.39, 0.29) is 0 Å². The molecule has 0 radical (unpaired) electrons. The number of nitrogens with zero attached hydrogens (tertiary/aromatic N) is 1. The Morgan fingerprint density at radius 2 is 1.89 bits per heavy atom. The molecule has 1 saturated heterocycles. The van der Waals surface area contributed by atoms with Gasteiger partial charge in [-0.05, 0) is 49.3 Å². The second-order valence-electron chi connectivity index (χ2n) is 6.34. The van der Waals surface area contributed by atoms with Crippen LogP contribution in [0.25, 0.3) is 0 Å². The average molecular weight is 260 g/mol. The minimum Gasteiger partial charge on any atom is -0.330 e. The summed E-state index contributed by atoms with van der Waals surface area (Å²) >= 11 is 0. The van der Waals surface area contributed by atoms with Crippen molar-refractivity contribution in [2.75, 3.05) is 13.1 Å². The van der Waals surface area contributed by atoms with Crippen molar-refractivity contribution in [3.8, 4) is 0 Å². The summed E-state index contributed by atoms with van der Waals surface area (Å²) in [7, 11) is 0. The predicted molar refractivity (Wildman–Crippen MR) is 82.2 cm³/mol. The number of hydrogen-bond donors (Lipinski definition) is 1. The Labute approximate surface area is 118 Å². The van der Waals surface area contributed by atoms with Gasteiger partial charge in [-0.2, -0.15) is 0 Å². The first-order valence-corrected chi connectivity index (χ1v) is 7.63. The van der Waals surface area contributed by atoms with Crippen molar-refractivity contribution in [3.05, 3.63) is 35.4 Å². The van der Waals surface area contributed by atoms with E-state index in [1.54, 1.807) is 0 Å². The minimum atomic E-state index is 0.461. The molecule has 1 aromatic rings. The molecule has 0 spiro atoms. The zero-order valence-corrected chi connectivity index (χ0v) is 12.6. The third-order valence-corrected chi connectivity index (χ3v) is 4.53. The van der Waals surface area contributed by atoms with Gasteiger partial charge in [-0.25, -0.2) is 0 Å². The first-order chi connectivity index (χ1) is 9.10. The minimum absolute atomic E-state index is 0.461. The SMILES string of the molecule is CC1CCC(C)N(Cc2ccc(C(C)CN)cc2)C1. The monoisotopic (exact) mass is 260 g/mol. The van der Waals surface area contributed by atoms with Crippen molar-refractivity contribution >= 4 is 0 Å². The molecule has 1 fully saturated rings. The Kier molecular flexibility index (Phi) is 5.00. The third kappa shape index (κ3) is 3.80. The van der Waals surface area contributed by atoms with E-state index in [2.05, 4.69) is 49.9 Å². The van der Waals surface area contributed by atoms with Gasteiger partial charge in [-0.3, -0.25) is 4.90 Å². The Bertz CT molecular complexity index is 385. The smallest absolute Gasteiger partial charge is 0.0236 e. The fourth-order valence-electron chi connectivity index (χ4n) is 2.92. The molecule has 106 valence electrons. The van der Waals surface area contributed by atoms with E-state index in [1.165, 1.54) is 30.5 Å². The second-order valence-corrected chi connectivity index (χ2v) is 6.34. The van der Waals surface area contributed by atoms with Gasteiger partial charge in [-0.15, -0.1) is 0 Å². The Morgan fingerprint density at radius 3 is 2.53 bits per heavy atom. The van der Waals surface area contributed by atoms with Crippen LogP contribution in [-0.2, 0) is 6.54 Å². The Balaban J connectivity index is 1.98. The summed E-state index contributed by atoms with van der Waals surface area (Å²) in [4.78, 5) is 2.62. The predicted octanol–water partition coefficient (Wildman–Crippen LogP) is 3.37. The van der Waals surface area contributed by atoms with E-state index < -0.39 is 0 Å². The van der Waals surface area contributed by atoms with E-state index in [0.717, 1.165) is 25.0 Å². The highest BCUT2D eigenvalue weighted by molar-refractivity contribution is 5.25. The number of nitrogens with two attached hydrogens (primary N) is 1. The summed E-state index contributed by atoms with van der Waals surface area (Å²) in [6.07, 6.45) is 2.72. The molecule has 1 aliphatic heterocycles. The lowest BCUT2D eigenvalue weighted by molar-refractivity contribution is 0.117. The average Bonchev–Trinajstić information content (AvgIpc) is 2.43. The fraction of sp³-hybridized carbons (Fsp3) is 0.647. The number of likely N-dealkylation sites (tertiary alicyclic amines) is 1. The molecule has 0 aromatic heterocycles. The largest absolute Gasteiger partial charge is 0.330 e. The van der Waals surface area contributed by atoms with Crippen LogP contribution in [0, 0.1) is 5.92 Å². The molecule has 2 heteroatoms. The van der Waals surface area contributed by atoms with Crippen LogP contribution in [0.15, 0.2) is 24.3 Å². The third-order valence-electron chi connectivity index (χ3n) is 4.53. The highest BCUT2D eigenvalue weighted by atomic mass is 15.2. The maximum absolute atomic E-state index is 5.72. The highest BCUT2D eigenvalue weighted by Crippen LogP contribution is 2.23. The summed E-state index contributed by atoms with van der Waals surface area (Å²) in [6.45, 7) is 9.95. The number of benzene rings is 1. The number of hydrogen-bond acceptors (Lipinski definition) is 2. The molecule has 1 aliphatic rings. The van der Waals surface area contributed by atoms with Crippen LogP contribution in [0.3, 0.4) is 0 Å². The van der Waals surface area contributed by atoms with Gasteiger partial charge in [0.1, 0.15) is 0 Å². The van der Waals surface area contributed by atoms with E-state index >= 15 is 0 Å². The summed E-state index contributed by atoms with van der Waals surface area (Å²) in [5, 5.41) is 0. The molecular formula is C17H28N2. The van der Waals surface area contributed by atoms with Gasteiger partial charge in [0.05, 0.1) is 0 Å². The quantitative estimate of drug-likeness (QED) is 0.899. The summed E-state index contributed by atoms with van der Waals surface area (Å²) < 4.78 is 0. The van der Waals surface area contributed by atoms with Crippen LogP contribution in [-0.4, -0.2) is 24.0 Å². The molecule has 3 unspecified atom stereocenters. The first-order valence-electron chi connectivity index (χ1n) is 7.63. The molecule has 1 heterocycles. The molecule has 2 nitrogen and oxygen atoms in total. The maximum atomic E-state index is 5.72. The summed E-state index contributed by atoms with van der Waals surface area (Å²) in [6, 6.07) is 9.75. The molecule has 0 amide bonds. The molecule has 0 bridgehead atoms. The lowest BCUT2D eigenvalue weighted by Crippen LogP contribution is -2.40. The molecular weight excluding hydrogens is 232 g/mol. The van der Waals surface area contributed by atoms with E-state index in [4.69, 9.17) is 5.73 Å². The highest BCUT2D eigenvalue weighted by Gasteiger charge is 2.22. The topological polar surface area (TPSA) is 29.3 Å². The van der Waals surface area contributed by atoms with E-state index in [0.29, 0.717) is 5.92 Å². The molecule has 2 rings (SSSR count). The Morgan fingerprint density at radius 1 is 1.21 bits per heavy atom. The van der Waals surface area contributed by atoms with E-state index in [9.17, 15) is 0 Å². The van der Waals surface area contributed by atoms with Gasteiger partial charge in [0, 0.05) is 19.1 Å². The van der Waals surface area contributed by atoms with Crippen LogP contribution in [0.4, 0.5) is 0 Å². The van der Waals surface area contributed by atoms with Crippen LogP contribution in [0.5, 0.6) is 0 Å². The molecule has 19 heavy (non-hydrogen) atoms. The molecule has 1 aromatic carbocycles. The molecule has 3 atom stereocenters. The normalized spacial score (nSPS) is 26.3. The number of rotatable bonds is 4. The standard InChI is InChI=1S/C17H28N2/c1-13-4-5-15(3)19(11-13)12-16-6-8-17(9-7-16)14(2)10-18/h6-9,13-15H,4-5,10-12,18H2,1-3H3. The van der Waals surface area contributed by atoms with Crippen LogP contribution >= 0.6 is 0 Å². The van der Waals surface area contributed by atoms with Gasteiger partial charge >= 0.3 is 0 Å². The van der Waals surface area contributed by atoms with Crippen LogP contribution in [0.1, 0.15) is 50.7 Å². The zero-order chi connectivity index (χ0) is 13.8. The molecule has 0 aliphatic carbocycles. The van der Waals surface area contributed by atoms with Crippen molar-refractivity contribution in [3.63, 3.8) is 0 Å².